The average molecular weight is 434 g/mol. The van der Waals surface area contributed by atoms with Crippen LogP contribution in [0.5, 0.6) is 0 Å². The zero-order valence-corrected chi connectivity index (χ0v) is 16.9. The number of benzene rings is 2. The molecule has 162 valence electrons. The molecule has 32 heavy (non-hydrogen) atoms. The van der Waals surface area contributed by atoms with Gasteiger partial charge in [0.25, 0.3) is 17.5 Å². The molecule has 0 spiro atoms. The first-order chi connectivity index (χ1) is 15.4. The molecule has 0 atom stereocenters. The summed E-state index contributed by atoms with van der Waals surface area (Å²) in [6, 6.07) is 12.8. The summed E-state index contributed by atoms with van der Waals surface area (Å²) in [5.74, 6) is -1.79. The number of nitrogens with zero attached hydrogens (tertiary/aromatic N) is 2. The van der Waals surface area contributed by atoms with Gasteiger partial charge in [-0.15, -0.1) is 0 Å². The van der Waals surface area contributed by atoms with E-state index in [-0.39, 0.29) is 23.6 Å². The summed E-state index contributed by atoms with van der Waals surface area (Å²) >= 11 is 0. The number of aromatic nitrogens is 1. The first kappa shape index (κ1) is 22.1. The van der Waals surface area contributed by atoms with Crippen molar-refractivity contribution in [3.05, 3.63) is 93.8 Å². The fraction of sp³-hybridized carbons (Fsp3) is 0.0909. The van der Waals surface area contributed by atoms with E-state index in [9.17, 15) is 24.5 Å². The van der Waals surface area contributed by atoms with Gasteiger partial charge in [-0.05, 0) is 43.3 Å². The van der Waals surface area contributed by atoms with Gasteiger partial charge in [0, 0.05) is 47.0 Å². The lowest BCUT2D eigenvalue weighted by Gasteiger charge is -2.10. The molecule has 0 unspecified atom stereocenters. The van der Waals surface area contributed by atoms with Gasteiger partial charge in [-0.2, -0.15) is 0 Å². The van der Waals surface area contributed by atoms with Crippen LogP contribution < -0.4 is 10.6 Å². The number of amides is 2. The molecule has 1 aromatic heterocycles. The van der Waals surface area contributed by atoms with Gasteiger partial charge in [0.15, 0.2) is 0 Å². The molecular weight excluding hydrogens is 416 g/mol. The molecule has 0 aliphatic carbocycles. The first-order valence-electron chi connectivity index (χ1n) is 9.46. The maximum absolute atomic E-state index is 12.7. The molecule has 0 fully saturated rings. The van der Waals surface area contributed by atoms with Crippen molar-refractivity contribution < 1.29 is 24.0 Å². The molecule has 0 radical (unpaired) electrons. The molecule has 0 bridgehead atoms. The van der Waals surface area contributed by atoms with Crippen molar-refractivity contribution >= 4 is 34.8 Å². The van der Waals surface area contributed by atoms with Gasteiger partial charge in [-0.25, -0.2) is 4.79 Å². The largest absolute Gasteiger partial charge is 0.462 e. The second-order valence-corrected chi connectivity index (χ2v) is 6.47. The summed E-state index contributed by atoms with van der Waals surface area (Å²) in [6.45, 7) is 1.68. The lowest BCUT2D eigenvalue weighted by Crippen LogP contribution is -2.15. The van der Waals surface area contributed by atoms with Crippen LogP contribution >= 0.6 is 0 Å². The molecule has 0 aliphatic heterocycles. The number of carbonyl (C=O) groups excluding carboxylic acids is 3. The maximum Gasteiger partial charge on any atom is 0.338 e. The average Bonchev–Trinajstić information content (AvgIpc) is 2.79. The minimum atomic E-state index is -0.772. The van der Waals surface area contributed by atoms with Crippen molar-refractivity contribution in [1.82, 2.24) is 4.98 Å². The van der Waals surface area contributed by atoms with Crippen LogP contribution in [0, 0.1) is 10.1 Å². The zero-order chi connectivity index (χ0) is 23.1. The van der Waals surface area contributed by atoms with E-state index in [2.05, 4.69) is 15.6 Å². The van der Waals surface area contributed by atoms with Crippen molar-refractivity contribution in [2.75, 3.05) is 17.2 Å². The molecule has 0 saturated carbocycles. The highest BCUT2D eigenvalue weighted by Gasteiger charge is 2.19. The number of esters is 1. The second-order valence-electron chi connectivity index (χ2n) is 6.47. The normalized spacial score (nSPS) is 10.2. The summed E-state index contributed by atoms with van der Waals surface area (Å²) in [5, 5.41) is 16.5. The Balaban J connectivity index is 1.80. The van der Waals surface area contributed by atoms with Crippen LogP contribution in [0.1, 0.15) is 38.0 Å². The maximum atomic E-state index is 12.7. The van der Waals surface area contributed by atoms with Crippen molar-refractivity contribution in [2.24, 2.45) is 0 Å². The van der Waals surface area contributed by atoms with E-state index in [1.165, 1.54) is 24.5 Å². The fourth-order valence-electron chi connectivity index (χ4n) is 2.76. The minimum Gasteiger partial charge on any atom is -0.462 e. The third-order valence-corrected chi connectivity index (χ3v) is 4.22. The minimum absolute atomic E-state index is 0.0844. The second kappa shape index (κ2) is 9.94. The molecular formula is C22H18N4O6. The number of nitro groups is 1. The lowest BCUT2D eigenvalue weighted by molar-refractivity contribution is -0.384. The van der Waals surface area contributed by atoms with E-state index in [1.807, 2.05) is 0 Å². The van der Waals surface area contributed by atoms with Gasteiger partial charge in [0.1, 0.15) is 0 Å². The molecule has 10 heteroatoms. The van der Waals surface area contributed by atoms with Gasteiger partial charge in [0.05, 0.1) is 17.1 Å². The van der Waals surface area contributed by atoms with Gasteiger partial charge in [-0.1, -0.05) is 6.07 Å². The van der Waals surface area contributed by atoms with Crippen LogP contribution in [0.3, 0.4) is 0 Å². The summed E-state index contributed by atoms with van der Waals surface area (Å²) in [6.07, 6.45) is 2.99. The molecule has 3 aromatic rings. The van der Waals surface area contributed by atoms with Crippen LogP contribution in [0.2, 0.25) is 0 Å². The zero-order valence-electron chi connectivity index (χ0n) is 16.9. The van der Waals surface area contributed by atoms with Crippen LogP contribution in [0.25, 0.3) is 0 Å². The number of carbonyl (C=O) groups is 3. The SMILES string of the molecule is CCOC(=O)c1cc(C(=O)Nc2cccc(NC(=O)c3ccncc3)c2)cc([N+](=O)[O-])c1. The Morgan fingerprint density at radius 2 is 1.50 bits per heavy atom. The quantitative estimate of drug-likeness (QED) is 0.328. The number of nitrogens with one attached hydrogen (secondary N) is 2. The Bertz CT molecular complexity index is 1180. The Morgan fingerprint density at radius 1 is 0.906 bits per heavy atom. The van der Waals surface area contributed by atoms with E-state index in [0.717, 1.165) is 12.1 Å². The molecule has 0 saturated heterocycles. The fourth-order valence-corrected chi connectivity index (χ4v) is 2.76. The van der Waals surface area contributed by atoms with Crippen LogP contribution in [0.4, 0.5) is 17.1 Å². The number of hydrogen-bond donors (Lipinski definition) is 2. The Labute approximate surface area is 182 Å². The Hall–Kier alpha value is -4.60. The number of pyridine rings is 1. The topological polar surface area (TPSA) is 141 Å². The monoisotopic (exact) mass is 434 g/mol. The number of rotatable bonds is 7. The number of nitro benzene ring substituents is 1. The summed E-state index contributed by atoms with van der Waals surface area (Å²) in [7, 11) is 0. The molecule has 1 heterocycles. The Morgan fingerprint density at radius 3 is 2.09 bits per heavy atom. The van der Waals surface area contributed by atoms with Crippen molar-refractivity contribution in [1.29, 1.82) is 0 Å². The molecule has 2 amide bonds. The number of hydrogen-bond acceptors (Lipinski definition) is 7. The molecule has 2 aromatic carbocycles. The van der Waals surface area contributed by atoms with Gasteiger partial charge in [-0.3, -0.25) is 24.7 Å². The van der Waals surface area contributed by atoms with Gasteiger partial charge < -0.3 is 15.4 Å². The van der Waals surface area contributed by atoms with Crippen LogP contribution in [0.15, 0.2) is 67.0 Å². The summed E-state index contributed by atoms with van der Waals surface area (Å²) < 4.78 is 4.87. The molecule has 2 N–H and O–H groups in total. The standard InChI is InChI=1S/C22H18N4O6/c1-2-32-22(29)16-10-15(11-19(12-16)26(30)31)21(28)25-18-5-3-4-17(13-18)24-20(27)14-6-8-23-9-7-14/h3-13H,2H2,1H3,(H,24,27)(H,25,28). The predicted molar refractivity (Wildman–Crippen MR) is 116 cm³/mol. The predicted octanol–water partition coefficient (Wildman–Crippen LogP) is 3.67. The van der Waals surface area contributed by atoms with E-state index in [4.69, 9.17) is 4.74 Å². The number of ether oxygens (including phenoxy) is 1. The lowest BCUT2D eigenvalue weighted by atomic mass is 10.1. The van der Waals surface area contributed by atoms with E-state index in [0.29, 0.717) is 16.9 Å². The third kappa shape index (κ3) is 5.51. The van der Waals surface area contributed by atoms with Gasteiger partial charge >= 0.3 is 5.97 Å². The number of non-ortho nitro benzene ring substituents is 1. The Kier molecular flexibility index (Phi) is 6.86. The van der Waals surface area contributed by atoms with Crippen molar-refractivity contribution in [2.45, 2.75) is 6.92 Å². The highest BCUT2D eigenvalue weighted by Crippen LogP contribution is 2.21. The van der Waals surface area contributed by atoms with Crippen molar-refractivity contribution in [3.63, 3.8) is 0 Å². The first-order valence-corrected chi connectivity index (χ1v) is 9.46. The molecule has 10 nitrogen and oxygen atoms in total. The summed E-state index contributed by atoms with van der Waals surface area (Å²) in [4.78, 5) is 51.3. The van der Waals surface area contributed by atoms with E-state index >= 15 is 0 Å². The molecule has 3 rings (SSSR count). The van der Waals surface area contributed by atoms with Crippen LogP contribution in [-0.4, -0.2) is 34.3 Å². The summed E-state index contributed by atoms with van der Waals surface area (Å²) in [5.41, 5.74) is 0.567. The highest BCUT2D eigenvalue weighted by molar-refractivity contribution is 6.07. The molecule has 0 aliphatic rings. The number of anilines is 2. The third-order valence-electron chi connectivity index (χ3n) is 4.22. The van der Waals surface area contributed by atoms with Crippen LogP contribution in [-0.2, 0) is 4.74 Å². The smallest absolute Gasteiger partial charge is 0.338 e. The van der Waals surface area contributed by atoms with E-state index in [1.54, 1.807) is 37.3 Å². The highest BCUT2D eigenvalue weighted by atomic mass is 16.6. The van der Waals surface area contributed by atoms with Crippen molar-refractivity contribution in [3.8, 4) is 0 Å². The van der Waals surface area contributed by atoms with E-state index < -0.39 is 22.5 Å². The van der Waals surface area contributed by atoms with Gasteiger partial charge in [0.2, 0.25) is 0 Å².